The first-order valence-corrected chi connectivity index (χ1v) is 9.00. The predicted octanol–water partition coefficient (Wildman–Crippen LogP) is 0.650. The summed E-state index contributed by atoms with van der Waals surface area (Å²) >= 11 is 0. The van der Waals surface area contributed by atoms with Gasteiger partial charge in [-0.15, -0.1) is 0 Å². The van der Waals surface area contributed by atoms with Crippen molar-refractivity contribution < 1.29 is 23.5 Å². The molecule has 0 radical (unpaired) electrons. The molecule has 29 heavy (non-hydrogen) atoms. The zero-order valence-electron chi connectivity index (χ0n) is 15.6. The second-order valence-corrected chi connectivity index (χ2v) is 7.40. The number of hydrogen-bond donors (Lipinski definition) is 2. The van der Waals surface area contributed by atoms with Gasteiger partial charge < -0.3 is 15.7 Å². The van der Waals surface area contributed by atoms with Crippen LogP contribution in [0.25, 0.3) is 5.69 Å². The number of amides is 2. The van der Waals surface area contributed by atoms with E-state index in [1.807, 2.05) is 0 Å². The van der Waals surface area contributed by atoms with Crippen LogP contribution in [0, 0.1) is 11.8 Å². The first kappa shape index (κ1) is 19.1. The van der Waals surface area contributed by atoms with Crippen LogP contribution >= 0.6 is 0 Å². The molecule has 1 aromatic heterocycles. The van der Waals surface area contributed by atoms with Crippen molar-refractivity contribution in [3.05, 3.63) is 46.8 Å². The van der Waals surface area contributed by atoms with Crippen molar-refractivity contribution in [1.29, 1.82) is 0 Å². The molecule has 0 saturated carbocycles. The average molecular weight is 400 g/mol. The first-order valence-electron chi connectivity index (χ1n) is 9.00. The van der Waals surface area contributed by atoms with E-state index >= 15 is 0 Å². The number of likely N-dealkylation sites (tertiary alicyclic amines) is 1. The number of benzene rings is 1. The molecule has 1 fully saturated rings. The van der Waals surface area contributed by atoms with E-state index in [1.165, 1.54) is 9.58 Å². The number of alkyl halides is 2. The van der Waals surface area contributed by atoms with Crippen LogP contribution in [-0.4, -0.2) is 56.7 Å². The lowest BCUT2D eigenvalue weighted by molar-refractivity contribution is -0.137. The number of aliphatic hydroxyl groups is 1. The maximum absolute atomic E-state index is 13.9. The summed E-state index contributed by atoms with van der Waals surface area (Å²) in [6, 6.07) is 6.55. The Bertz CT molecular complexity index is 1100. The first-order chi connectivity index (χ1) is 13.6. The highest BCUT2D eigenvalue weighted by molar-refractivity contribution is 5.93. The second-order valence-electron chi connectivity index (χ2n) is 7.40. The Balaban J connectivity index is 1.72. The summed E-state index contributed by atoms with van der Waals surface area (Å²) in [5.41, 5.74) is 4.70. The van der Waals surface area contributed by atoms with E-state index in [1.54, 1.807) is 31.3 Å². The summed E-state index contributed by atoms with van der Waals surface area (Å²) in [5.74, 6) is 1.10. The number of nitrogens with zero attached hydrogens (tertiary/aromatic N) is 3. The summed E-state index contributed by atoms with van der Waals surface area (Å²) in [7, 11) is 1.59. The van der Waals surface area contributed by atoms with Crippen LogP contribution in [0.1, 0.15) is 33.7 Å². The van der Waals surface area contributed by atoms with Gasteiger partial charge in [-0.2, -0.15) is 5.10 Å². The fourth-order valence-corrected chi connectivity index (χ4v) is 3.69. The lowest BCUT2D eigenvalue weighted by Gasteiger charge is -2.13. The van der Waals surface area contributed by atoms with Crippen molar-refractivity contribution in [3.63, 3.8) is 0 Å². The molecule has 7 nitrogen and oxygen atoms in total. The number of halogens is 2. The molecular formula is C20H18F2N4O3. The summed E-state index contributed by atoms with van der Waals surface area (Å²) in [4.78, 5) is 25.1. The molecule has 150 valence electrons. The second kappa shape index (κ2) is 6.39. The fraction of sp³-hybridized carbons (Fsp3) is 0.350. The minimum atomic E-state index is -2.96. The average Bonchev–Trinajstić information content (AvgIpc) is 3.25. The molecule has 1 aliphatic carbocycles. The van der Waals surface area contributed by atoms with Crippen LogP contribution < -0.4 is 5.73 Å². The minimum absolute atomic E-state index is 0.160. The predicted molar refractivity (Wildman–Crippen MR) is 98.5 cm³/mol. The van der Waals surface area contributed by atoms with E-state index in [4.69, 9.17) is 5.73 Å². The van der Waals surface area contributed by atoms with Crippen LogP contribution in [0.15, 0.2) is 24.3 Å². The molecule has 4 rings (SSSR count). The van der Waals surface area contributed by atoms with E-state index in [0.717, 1.165) is 0 Å². The number of hydrogen-bond acceptors (Lipinski definition) is 4. The monoisotopic (exact) mass is 400 g/mol. The molecule has 9 heteroatoms. The Labute approximate surface area is 165 Å². The molecule has 1 saturated heterocycles. The van der Waals surface area contributed by atoms with Gasteiger partial charge in [-0.1, -0.05) is 17.9 Å². The van der Waals surface area contributed by atoms with Crippen molar-refractivity contribution in [2.75, 3.05) is 13.6 Å². The van der Waals surface area contributed by atoms with Crippen LogP contribution in [0.2, 0.25) is 0 Å². The van der Waals surface area contributed by atoms with Gasteiger partial charge in [0.2, 0.25) is 5.60 Å². The Morgan fingerprint density at radius 2 is 2.10 bits per heavy atom. The van der Waals surface area contributed by atoms with Gasteiger partial charge in [-0.25, -0.2) is 13.5 Å². The molecular weight excluding hydrogens is 382 g/mol. The minimum Gasteiger partial charge on any atom is -0.369 e. The quantitative estimate of drug-likeness (QED) is 0.723. The van der Waals surface area contributed by atoms with Gasteiger partial charge in [-0.3, -0.25) is 9.59 Å². The van der Waals surface area contributed by atoms with Crippen molar-refractivity contribution in [1.82, 2.24) is 14.7 Å². The highest BCUT2D eigenvalue weighted by Crippen LogP contribution is 2.37. The van der Waals surface area contributed by atoms with Gasteiger partial charge >= 0.3 is 0 Å². The van der Waals surface area contributed by atoms with Gasteiger partial charge in [0.1, 0.15) is 0 Å². The van der Waals surface area contributed by atoms with Gasteiger partial charge in [0, 0.05) is 37.6 Å². The zero-order valence-corrected chi connectivity index (χ0v) is 15.6. The maximum atomic E-state index is 13.9. The number of fused-ring (bicyclic) bond motifs is 1. The number of rotatable bonds is 2. The van der Waals surface area contributed by atoms with E-state index < -0.39 is 36.2 Å². The van der Waals surface area contributed by atoms with Crippen LogP contribution in [0.3, 0.4) is 0 Å². The highest BCUT2D eigenvalue weighted by Gasteiger charge is 2.43. The zero-order chi connectivity index (χ0) is 21.0. The standard InChI is InChI=1S/C20H18F2N4O3/c1-25-8-7-19(29,18(25)28)6-5-12-3-2-4-13(9-12)26-15-11-20(21,22)10-14(15)16(24-26)17(23)27/h2-4,9,29H,7-8,10-11H2,1H3,(H2,23,27). The fourth-order valence-electron chi connectivity index (χ4n) is 3.69. The third-order valence-electron chi connectivity index (χ3n) is 5.20. The van der Waals surface area contributed by atoms with Gasteiger partial charge in [0.05, 0.1) is 17.8 Å². The lowest BCUT2D eigenvalue weighted by atomic mass is 10.0. The Kier molecular flexibility index (Phi) is 4.20. The van der Waals surface area contributed by atoms with E-state index in [2.05, 4.69) is 16.9 Å². The molecule has 1 atom stereocenters. The SMILES string of the molecule is CN1CCC(O)(C#Cc2cccc(-n3nc(C(N)=O)c4c3CC(F)(F)C4)c2)C1=O. The van der Waals surface area contributed by atoms with Gasteiger partial charge in [0.15, 0.2) is 5.69 Å². The Morgan fingerprint density at radius 3 is 2.76 bits per heavy atom. The Morgan fingerprint density at radius 1 is 1.34 bits per heavy atom. The number of likely N-dealkylation sites (N-methyl/N-ethyl adjacent to an activating group) is 1. The van der Waals surface area contributed by atoms with Gasteiger partial charge in [-0.05, 0) is 18.2 Å². The van der Waals surface area contributed by atoms with Crippen molar-refractivity contribution >= 4 is 11.8 Å². The molecule has 0 bridgehead atoms. The number of aromatic nitrogens is 2. The van der Waals surface area contributed by atoms with Crippen molar-refractivity contribution in [2.45, 2.75) is 30.8 Å². The van der Waals surface area contributed by atoms with E-state index in [-0.39, 0.29) is 23.4 Å². The number of carbonyl (C=O) groups excluding carboxylic acids is 2. The van der Waals surface area contributed by atoms with Crippen LogP contribution in [-0.2, 0) is 17.6 Å². The Hall–Kier alpha value is -3.25. The van der Waals surface area contributed by atoms with E-state index in [0.29, 0.717) is 17.8 Å². The lowest BCUT2D eigenvalue weighted by Crippen LogP contribution is -2.37. The maximum Gasteiger partial charge on any atom is 0.269 e. The molecule has 3 N–H and O–H groups in total. The third kappa shape index (κ3) is 3.25. The third-order valence-corrected chi connectivity index (χ3v) is 5.20. The molecule has 1 aliphatic heterocycles. The molecule has 2 amide bonds. The van der Waals surface area contributed by atoms with Gasteiger partial charge in [0.25, 0.3) is 17.7 Å². The van der Waals surface area contributed by atoms with Crippen molar-refractivity contribution in [3.8, 4) is 17.5 Å². The molecule has 1 unspecified atom stereocenters. The van der Waals surface area contributed by atoms with Crippen LogP contribution in [0.4, 0.5) is 8.78 Å². The molecule has 0 spiro atoms. The number of primary amides is 1. The van der Waals surface area contributed by atoms with E-state index in [9.17, 15) is 23.5 Å². The number of carbonyl (C=O) groups is 2. The smallest absolute Gasteiger partial charge is 0.269 e. The molecule has 1 aromatic carbocycles. The molecule has 2 heterocycles. The molecule has 2 aromatic rings. The van der Waals surface area contributed by atoms with Crippen LogP contribution in [0.5, 0.6) is 0 Å². The molecule has 2 aliphatic rings. The summed E-state index contributed by atoms with van der Waals surface area (Å²) in [5, 5.41) is 14.5. The largest absolute Gasteiger partial charge is 0.369 e. The topological polar surface area (TPSA) is 101 Å². The highest BCUT2D eigenvalue weighted by atomic mass is 19.3. The summed E-state index contributed by atoms with van der Waals surface area (Å²) < 4.78 is 29.1. The summed E-state index contributed by atoms with van der Waals surface area (Å²) in [6.45, 7) is 0.410. The normalized spacial score (nSPS) is 22.3. The van der Waals surface area contributed by atoms with Crippen molar-refractivity contribution in [2.24, 2.45) is 5.73 Å². The number of nitrogens with two attached hydrogens (primary N) is 1. The summed E-state index contributed by atoms with van der Waals surface area (Å²) in [6.07, 6.45) is -0.916.